The average molecular weight is 302 g/mol. The number of nitrogens with zero attached hydrogens (tertiary/aromatic N) is 2. The van der Waals surface area contributed by atoms with Gasteiger partial charge in [0.25, 0.3) is 0 Å². The van der Waals surface area contributed by atoms with Crippen molar-refractivity contribution in [3.8, 4) is 0 Å². The Kier molecular flexibility index (Phi) is 3.51. The molecule has 5 heteroatoms. The fourth-order valence-electron chi connectivity index (χ4n) is 1.30. The van der Waals surface area contributed by atoms with Gasteiger partial charge in [-0.2, -0.15) is 0 Å². The van der Waals surface area contributed by atoms with Gasteiger partial charge in [0, 0.05) is 10.9 Å². The van der Waals surface area contributed by atoms with E-state index in [9.17, 15) is 4.39 Å². The summed E-state index contributed by atoms with van der Waals surface area (Å²) < 4.78 is 14.5. The zero-order valence-electron chi connectivity index (χ0n) is 8.12. The van der Waals surface area contributed by atoms with Crippen LogP contribution in [-0.2, 0) is 6.42 Å². The van der Waals surface area contributed by atoms with E-state index >= 15 is 0 Å². The maximum Gasteiger partial charge on any atom is 0.182 e. The maximum atomic E-state index is 13.5. The molecule has 2 rings (SSSR count). The minimum absolute atomic E-state index is 0.137. The Morgan fingerprint density at radius 2 is 1.88 bits per heavy atom. The van der Waals surface area contributed by atoms with Crippen LogP contribution in [-0.4, -0.2) is 9.97 Å². The van der Waals surface area contributed by atoms with E-state index in [0.717, 1.165) is 10.0 Å². The molecule has 16 heavy (non-hydrogen) atoms. The summed E-state index contributed by atoms with van der Waals surface area (Å²) in [7, 11) is 0. The molecule has 82 valence electrons. The zero-order chi connectivity index (χ0) is 11.5. The van der Waals surface area contributed by atoms with E-state index in [0.29, 0.717) is 12.1 Å². The first-order chi connectivity index (χ1) is 7.66. The highest BCUT2D eigenvalue weighted by Crippen LogP contribution is 2.17. The third-order valence-electron chi connectivity index (χ3n) is 2.10. The number of aromatic nitrogens is 2. The lowest BCUT2D eigenvalue weighted by Crippen LogP contribution is -1.98. The second kappa shape index (κ2) is 4.89. The Hall–Kier alpha value is -1.00. The first kappa shape index (κ1) is 11.5. The summed E-state index contributed by atoms with van der Waals surface area (Å²) in [6.07, 6.45) is 1.67. The van der Waals surface area contributed by atoms with E-state index in [2.05, 4.69) is 25.9 Å². The van der Waals surface area contributed by atoms with Crippen molar-refractivity contribution in [2.24, 2.45) is 0 Å². The molecule has 0 N–H and O–H groups in total. The standard InChI is InChI=1S/C11H7BrClFN2/c12-8-3-1-7(2-4-8)5-9-10(14)11(13)16-6-15-9/h1-4,6H,5H2. The van der Waals surface area contributed by atoms with Crippen LogP contribution in [0.3, 0.4) is 0 Å². The molecule has 0 atom stereocenters. The lowest BCUT2D eigenvalue weighted by atomic mass is 10.1. The van der Waals surface area contributed by atoms with Gasteiger partial charge in [-0.25, -0.2) is 14.4 Å². The predicted octanol–water partition coefficient (Wildman–Crippen LogP) is 3.62. The Morgan fingerprint density at radius 1 is 1.19 bits per heavy atom. The molecule has 2 nitrogen and oxygen atoms in total. The van der Waals surface area contributed by atoms with Crippen LogP contribution in [0.25, 0.3) is 0 Å². The van der Waals surface area contributed by atoms with E-state index in [1.54, 1.807) is 0 Å². The van der Waals surface area contributed by atoms with Gasteiger partial charge in [-0.3, -0.25) is 0 Å². The van der Waals surface area contributed by atoms with Gasteiger partial charge in [0.1, 0.15) is 6.33 Å². The smallest absolute Gasteiger partial charge is 0.182 e. The second-order valence-corrected chi connectivity index (χ2v) is 4.50. The van der Waals surface area contributed by atoms with Gasteiger partial charge in [0.2, 0.25) is 0 Å². The van der Waals surface area contributed by atoms with Crippen molar-refractivity contribution in [3.05, 3.63) is 57.3 Å². The molecule has 2 aromatic rings. The molecule has 0 aliphatic heterocycles. The largest absolute Gasteiger partial charge is 0.238 e. The molecule has 0 radical (unpaired) electrons. The molecular formula is C11H7BrClFN2. The van der Waals surface area contributed by atoms with Crippen LogP contribution in [0.5, 0.6) is 0 Å². The highest BCUT2D eigenvalue weighted by molar-refractivity contribution is 9.10. The quantitative estimate of drug-likeness (QED) is 0.792. The van der Waals surface area contributed by atoms with Crippen LogP contribution in [0.2, 0.25) is 5.15 Å². The zero-order valence-corrected chi connectivity index (χ0v) is 10.5. The van der Waals surface area contributed by atoms with Gasteiger partial charge in [0.05, 0.1) is 5.69 Å². The monoisotopic (exact) mass is 300 g/mol. The second-order valence-electron chi connectivity index (χ2n) is 3.23. The SMILES string of the molecule is Fc1c(Cl)ncnc1Cc1ccc(Br)cc1. The Bertz CT molecular complexity index is 502. The molecule has 0 saturated heterocycles. The van der Waals surface area contributed by atoms with E-state index in [1.165, 1.54) is 6.33 Å². The molecule has 0 unspecified atom stereocenters. The minimum Gasteiger partial charge on any atom is -0.238 e. The predicted molar refractivity (Wildman–Crippen MR) is 63.9 cm³/mol. The first-order valence-electron chi connectivity index (χ1n) is 4.56. The van der Waals surface area contributed by atoms with Gasteiger partial charge in [-0.1, -0.05) is 39.7 Å². The van der Waals surface area contributed by atoms with Crippen LogP contribution in [0.15, 0.2) is 35.1 Å². The van der Waals surface area contributed by atoms with Gasteiger partial charge >= 0.3 is 0 Å². The highest BCUT2D eigenvalue weighted by atomic mass is 79.9. The number of rotatable bonds is 2. The fraction of sp³-hybridized carbons (Fsp3) is 0.0909. The molecule has 0 spiro atoms. The lowest BCUT2D eigenvalue weighted by molar-refractivity contribution is 0.596. The van der Waals surface area contributed by atoms with Crippen molar-refractivity contribution >= 4 is 27.5 Å². The van der Waals surface area contributed by atoms with E-state index in [-0.39, 0.29) is 5.15 Å². The van der Waals surface area contributed by atoms with Crippen molar-refractivity contribution in [1.82, 2.24) is 9.97 Å². The molecule has 1 aromatic heterocycles. The Labute approximate surface area is 106 Å². The van der Waals surface area contributed by atoms with Gasteiger partial charge in [0.15, 0.2) is 11.0 Å². The number of hydrogen-bond donors (Lipinski definition) is 0. The summed E-state index contributed by atoms with van der Waals surface area (Å²) in [5.41, 5.74) is 1.28. The molecule has 0 aliphatic rings. The fourth-order valence-corrected chi connectivity index (χ4v) is 1.72. The van der Waals surface area contributed by atoms with Crippen molar-refractivity contribution in [2.45, 2.75) is 6.42 Å². The summed E-state index contributed by atoms with van der Waals surface area (Å²) in [6, 6.07) is 7.60. The molecule has 0 saturated carbocycles. The highest BCUT2D eigenvalue weighted by Gasteiger charge is 2.09. The van der Waals surface area contributed by atoms with Gasteiger partial charge in [-0.05, 0) is 17.7 Å². The Balaban J connectivity index is 2.27. The average Bonchev–Trinajstić information content (AvgIpc) is 2.28. The van der Waals surface area contributed by atoms with Crippen molar-refractivity contribution in [2.75, 3.05) is 0 Å². The van der Waals surface area contributed by atoms with Gasteiger partial charge < -0.3 is 0 Å². The maximum absolute atomic E-state index is 13.5. The van der Waals surface area contributed by atoms with Crippen LogP contribution < -0.4 is 0 Å². The van der Waals surface area contributed by atoms with Crippen molar-refractivity contribution in [3.63, 3.8) is 0 Å². The summed E-state index contributed by atoms with van der Waals surface area (Å²) in [4.78, 5) is 7.44. The third-order valence-corrected chi connectivity index (χ3v) is 2.90. The summed E-state index contributed by atoms with van der Waals surface area (Å²) in [5, 5.41) is -0.137. The minimum atomic E-state index is -0.549. The normalized spacial score (nSPS) is 10.4. The molecule has 1 heterocycles. The first-order valence-corrected chi connectivity index (χ1v) is 5.73. The van der Waals surface area contributed by atoms with E-state index in [1.807, 2.05) is 24.3 Å². The number of hydrogen-bond acceptors (Lipinski definition) is 2. The molecule has 0 bridgehead atoms. The van der Waals surface area contributed by atoms with Gasteiger partial charge in [-0.15, -0.1) is 0 Å². The van der Waals surface area contributed by atoms with Crippen LogP contribution in [0.4, 0.5) is 4.39 Å². The van der Waals surface area contributed by atoms with Crippen molar-refractivity contribution < 1.29 is 4.39 Å². The molecular weight excluding hydrogens is 294 g/mol. The molecule has 1 aromatic carbocycles. The van der Waals surface area contributed by atoms with Crippen LogP contribution in [0.1, 0.15) is 11.3 Å². The molecule has 0 amide bonds. The molecule has 0 aliphatic carbocycles. The van der Waals surface area contributed by atoms with Crippen molar-refractivity contribution in [1.29, 1.82) is 0 Å². The number of halogens is 3. The molecule has 0 fully saturated rings. The topological polar surface area (TPSA) is 25.8 Å². The number of benzene rings is 1. The van der Waals surface area contributed by atoms with E-state index < -0.39 is 5.82 Å². The third kappa shape index (κ3) is 2.57. The van der Waals surface area contributed by atoms with Crippen LogP contribution >= 0.6 is 27.5 Å². The lowest BCUT2D eigenvalue weighted by Gasteiger charge is -2.03. The summed E-state index contributed by atoms with van der Waals surface area (Å²) in [6.45, 7) is 0. The van der Waals surface area contributed by atoms with Crippen LogP contribution in [0, 0.1) is 5.82 Å². The Morgan fingerprint density at radius 3 is 2.56 bits per heavy atom. The summed E-state index contributed by atoms with van der Waals surface area (Å²) in [5.74, 6) is -0.549. The van der Waals surface area contributed by atoms with E-state index in [4.69, 9.17) is 11.6 Å². The summed E-state index contributed by atoms with van der Waals surface area (Å²) >= 11 is 8.91.